The van der Waals surface area contributed by atoms with E-state index in [2.05, 4.69) is 51.2 Å². The first kappa shape index (κ1) is 36.4. The zero-order valence-electron chi connectivity index (χ0n) is 24.6. The van der Waals surface area contributed by atoms with Crippen molar-refractivity contribution in [3.8, 4) is 5.75 Å². The Labute approximate surface area is 240 Å². The maximum atomic E-state index is 12.7. The number of nitrogens with one attached hydrogen (secondary N) is 4. The Morgan fingerprint density at radius 3 is 2.49 bits per heavy atom. The lowest BCUT2D eigenvalue weighted by Gasteiger charge is -2.20. The summed E-state index contributed by atoms with van der Waals surface area (Å²) in [6.07, 6.45) is 2.50. The molecule has 0 spiro atoms. The fraction of sp³-hybridized carbons (Fsp3) is 0.643. The molecule has 1 aromatic rings. The molecule has 1 heterocycles. The minimum Gasteiger partial charge on any atom is -0.405 e. The molecule has 8 nitrogen and oxygen atoms in total. The van der Waals surface area contributed by atoms with Gasteiger partial charge in [-0.15, -0.1) is 13.2 Å². The SMILES string of the molecule is C=N/C=C(\C(=N/CNCc1ccccc1OC(F)(F)F)NCC(CCC)CCCC)[NH+](C)OC.FC1(F)CCNC1. The zero-order chi connectivity index (χ0) is 30.7. The summed E-state index contributed by atoms with van der Waals surface area (Å²) in [5.41, 5.74) is 1.06. The van der Waals surface area contributed by atoms with Crippen LogP contribution in [0.1, 0.15) is 57.9 Å². The molecule has 4 N–H and O–H groups in total. The molecule has 2 unspecified atom stereocenters. The van der Waals surface area contributed by atoms with Crippen LogP contribution < -0.4 is 25.8 Å². The van der Waals surface area contributed by atoms with E-state index >= 15 is 0 Å². The molecule has 0 aliphatic carbocycles. The van der Waals surface area contributed by atoms with Gasteiger partial charge in [0.15, 0.2) is 5.84 Å². The smallest absolute Gasteiger partial charge is 0.405 e. The number of hydrogen-bond donors (Lipinski definition) is 4. The van der Waals surface area contributed by atoms with E-state index in [9.17, 15) is 22.0 Å². The van der Waals surface area contributed by atoms with Gasteiger partial charge < -0.3 is 15.4 Å². The third kappa shape index (κ3) is 15.8. The predicted molar refractivity (Wildman–Crippen MR) is 152 cm³/mol. The number of ether oxygens (including phenoxy) is 1. The lowest BCUT2D eigenvalue weighted by atomic mass is 9.97. The fourth-order valence-corrected chi connectivity index (χ4v) is 4.08. The largest absolute Gasteiger partial charge is 0.573 e. The van der Waals surface area contributed by atoms with Crippen molar-refractivity contribution in [1.82, 2.24) is 16.0 Å². The van der Waals surface area contributed by atoms with E-state index in [1.54, 1.807) is 25.4 Å². The van der Waals surface area contributed by atoms with E-state index in [1.165, 1.54) is 18.6 Å². The molecule has 41 heavy (non-hydrogen) atoms. The maximum absolute atomic E-state index is 12.7. The van der Waals surface area contributed by atoms with Gasteiger partial charge >= 0.3 is 6.36 Å². The van der Waals surface area contributed by atoms with Crippen LogP contribution in [0.25, 0.3) is 0 Å². The van der Waals surface area contributed by atoms with Gasteiger partial charge in [-0.05, 0) is 31.5 Å². The number of para-hydroxylation sites is 1. The number of alkyl halides is 5. The molecule has 0 amide bonds. The number of unbranched alkanes of at least 4 members (excludes halogenated alkanes) is 1. The Morgan fingerprint density at radius 2 is 1.95 bits per heavy atom. The molecule has 0 radical (unpaired) electrons. The van der Waals surface area contributed by atoms with Crippen molar-refractivity contribution in [2.24, 2.45) is 15.9 Å². The van der Waals surface area contributed by atoms with Crippen molar-refractivity contribution in [2.75, 3.05) is 40.5 Å². The summed E-state index contributed by atoms with van der Waals surface area (Å²) in [5, 5.41) is 9.69. The van der Waals surface area contributed by atoms with Gasteiger partial charge in [0.2, 0.25) is 5.70 Å². The summed E-state index contributed by atoms with van der Waals surface area (Å²) in [5.74, 6) is -1.55. The molecule has 0 aromatic heterocycles. The summed E-state index contributed by atoms with van der Waals surface area (Å²) in [7, 11) is 3.38. The van der Waals surface area contributed by atoms with E-state index < -0.39 is 12.3 Å². The number of amidine groups is 1. The second-order valence-corrected chi connectivity index (χ2v) is 9.69. The van der Waals surface area contributed by atoms with Gasteiger partial charge in [-0.2, -0.15) is 5.06 Å². The Kier molecular flexibility index (Phi) is 17.3. The third-order valence-corrected chi connectivity index (χ3v) is 6.30. The Bertz CT molecular complexity index is 935. The van der Waals surface area contributed by atoms with E-state index in [1.807, 2.05) is 7.05 Å². The number of hydroxylamine groups is 2. The number of quaternary nitrogens is 1. The summed E-state index contributed by atoms with van der Waals surface area (Å²) >= 11 is 0. The first-order chi connectivity index (χ1) is 19.5. The third-order valence-electron chi connectivity index (χ3n) is 6.30. The summed E-state index contributed by atoms with van der Waals surface area (Å²) < 4.78 is 65.9. The Hall–Kier alpha value is -2.61. The van der Waals surface area contributed by atoms with Gasteiger partial charge in [0.05, 0.1) is 26.5 Å². The van der Waals surface area contributed by atoms with Crippen LogP contribution in [-0.4, -0.2) is 65.3 Å². The standard InChI is InChI=1S/C24H38F3N5O2.C4H7F2N/c1-6-8-12-19(11-7-2)15-30-23(21(17-28-3)32(4)33-5)31-18-29-16-20-13-9-10-14-22(20)34-24(25,26)27;5-4(6)1-2-7-3-4/h9-10,13-14,17,19,29H,3,6-8,11-12,15-16,18H2,1-2,4-5H3,(H,30,31);7H,1-3H2/p+1/b21-17+;. The molecule has 0 saturated carbocycles. The zero-order valence-corrected chi connectivity index (χ0v) is 24.6. The molecule has 13 heteroatoms. The molecule has 0 bridgehead atoms. The average molecular weight is 594 g/mol. The molecular weight excluding hydrogens is 547 g/mol. The molecule has 1 aromatic carbocycles. The first-order valence-electron chi connectivity index (χ1n) is 13.9. The Balaban J connectivity index is 0.00000104. The van der Waals surface area contributed by atoms with Crippen molar-refractivity contribution in [2.45, 2.75) is 71.2 Å². The van der Waals surface area contributed by atoms with Crippen LogP contribution in [0.2, 0.25) is 0 Å². The second-order valence-electron chi connectivity index (χ2n) is 9.69. The van der Waals surface area contributed by atoms with Crippen LogP contribution in [0, 0.1) is 5.92 Å². The first-order valence-corrected chi connectivity index (χ1v) is 13.9. The lowest BCUT2D eigenvalue weighted by Crippen LogP contribution is -3.07. The predicted octanol–water partition coefficient (Wildman–Crippen LogP) is 4.46. The van der Waals surface area contributed by atoms with Gasteiger partial charge in [-0.25, -0.2) is 18.6 Å². The quantitative estimate of drug-likeness (QED) is 0.0748. The highest BCUT2D eigenvalue weighted by molar-refractivity contribution is 5.95. The molecule has 1 aliphatic heterocycles. The number of benzene rings is 1. The monoisotopic (exact) mass is 593 g/mol. The average Bonchev–Trinajstić information content (AvgIpc) is 3.33. The number of aliphatic imine (C=N–C) groups is 2. The fourth-order valence-electron chi connectivity index (χ4n) is 4.08. The van der Waals surface area contributed by atoms with Crippen molar-refractivity contribution in [1.29, 1.82) is 0 Å². The number of likely N-dealkylation sites (N-methyl/N-ethyl adjacent to an activating group) is 1. The maximum Gasteiger partial charge on any atom is 0.573 e. The topological polar surface area (TPSA) is 83.7 Å². The second kappa shape index (κ2) is 19.5. The highest BCUT2D eigenvalue weighted by Crippen LogP contribution is 2.26. The van der Waals surface area contributed by atoms with Crippen molar-refractivity contribution < 1.29 is 36.6 Å². The van der Waals surface area contributed by atoms with Gasteiger partial charge in [0.25, 0.3) is 5.92 Å². The van der Waals surface area contributed by atoms with Crippen LogP contribution in [0.5, 0.6) is 5.75 Å². The molecule has 2 rings (SSSR count). The number of rotatable bonds is 16. The molecule has 1 fully saturated rings. The highest BCUT2D eigenvalue weighted by atomic mass is 19.4. The lowest BCUT2D eigenvalue weighted by molar-refractivity contribution is -1.04. The van der Waals surface area contributed by atoms with Gasteiger partial charge in [-0.3, -0.25) is 10.3 Å². The Morgan fingerprint density at radius 1 is 1.22 bits per heavy atom. The molecule has 1 saturated heterocycles. The van der Waals surface area contributed by atoms with Crippen LogP contribution in [0.3, 0.4) is 0 Å². The highest BCUT2D eigenvalue weighted by Gasteiger charge is 2.32. The van der Waals surface area contributed by atoms with Gasteiger partial charge in [0.1, 0.15) is 12.8 Å². The number of hydrogen-bond acceptors (Lipinski definition) is 6. The van der Waals surface area contributed by atoms with Crippen LogP contribution in [0.15, 0.2) is 46.1 Å². The van der Waals surface area contributed by atoms with Crippen LogP contribution >= 0.6 is 0 Å². The number of halogens is 5. The molecule has 234 valence electrons. The van der Waals surface area contributed by atoms with E-state index in [-0.39, 0.29) is 31.9 Å². The van der Waals surface area contributed by atoms with E-state index in [0.717, 1.165) is 32.2 Å². The van der Waals surface area contributed by atoms with Crippen LogP contribution in [0.4, 0.5) is 22.0 Å². The summed E-state index contributed by atoms with van der Waals surface area (Å²) in [6, 6.07) is 6.03. The van der Waals surface area contributed by atoms with E-state index in [4.69, 9.17) is 4.84 Å². The van der Waals surface area contributed by atoms with E-state index in [0.29, 0.717) is 34.6 Å². The molecule has 1 aliphatic rings. The van der Waals surface area contributed by atoms with Crippen LogP contribution in [-0.2, 0) is 11.4 Å². The minimum absolute atomic E-state index is 0.00694. The molecular formula is C28H46F5N6O2+. The minimum atomic E-state index is -4.75. The van der Waals surface area contributed by atoms with Crippen molar-refractivity contribution >= 4 is 12.6 Å². The van der Waals surface area contributed by atoms with Crippen molar-refractivity contribution in [3.05, 3.63) is 41.7 Å². The van der Waals surface area contributed by atoms with Crippen molar-refractivity contribution in [3.63, 3.8) is 0 Å². The number of nitrogens with zero attached hydrogens (tertiary/aromatic N) is 2. The van der Waals surface area contributed by atoms with Gasteiger partial charge in [-0.1, -0.05) is 51.3 Å². The summed E-state index contributed by atoms with van der Waals surface area (Å²) in [4.78, 5) is 13.9. The normalized spacial score (nSPS) is 16.9. The molecule has 2 atom stereocenters. The van der Waals surface area contributed by atoms with Gasteiger partial charge in [0, 0.05) is 31.6 Å². The summed E-state index contributed by atoms with van der Waals surface area (Å²) in [6.45, 7) is 9.30.